The Morgan fingerprint density at radius 2 is 1.60 bits per heavy atom. The Morgan fingerprint density at radius 1 is 0.960 bits per heavy atom. The monoisotopic (exact) mass is 343 g/mol. The molecule has 0 N–H and O–H groups in total. The van der Waals surface area contributed by atoms with Crippen LogP contribution in [0, 0.1) is 0 Å². The number of anilines is 1. The van der Waals surface area contributed by atoms with Crippen molar-refractivity contribution in [2.75, 3.05) is 37.6 Å². The molecule has 5 heteroatoms. The van der Waals surface area contributed by atoms with E-state index in [1.165, 1.54) is 18.4 Å². The number of benzene rings is 1. The molecule has 0 aromatic heterocycles. The molecule has 5 nitrogen and oxygen atoms in total. The summed E-state index contributed by atoms with van der Waals surface area (Å²) in [6.07, 6.45) is 4.56. The second-order valence-corrected chi connectivity index (χ2v) is 7.40. The molecule has 25 heavy (non-hydrogen) atoms. The molecule has 0 atom stereocenters. The Balaban J connectivity index is 1.60. The molecule has 2 heterocycles. The highest BCUT2D eigenvalue weighted by atomic mass is 16.2. The average molecular weight is 343 g/mol. The largest absolute Gasteiger partial charge is 0.341 e. The topological polar surface area (TPSA) is 43.9 Å². The number of likely N-dealkylation sites (tertiary alicyclic amines) is 1. The predicted octanol–water partition coefficient (Wildman–Crippen LogP) is 3.45. The van der Waals surface area contributed by atoms with Gasteiger partial charge in [0.15, 0.2) is 0 Å². The molecular weight excluding hydrogens is 314 g/mol. The van der Waals surface area contributed by atoms with Crippen molar-refractivity contribution in [3.63, 3.8) is 0 Å². The molecule has 2 aliphatic heterocycles. The average Bonchev–Trinajstić information content (AvgIpc) is 2.81. The van der Waals surface area contributed by atoms with Crippen LogP contribution in [0.5, 0.6) is 0 Å². The third-order valence-electron chi connectivity index (χ3n) is 5.25. The Morgan fingerprint density at radius 3 is 2.20 bits per heavy atom. The van der Waals surface area contributed by atoms with Crippen molar-refractivity contribution in [1.29, 1.82) is 0 Å². The van der Waals surface area contributed by atoms with Crippen LogP contribution in [0.3, 0.4) is 0 Å². The lowest BCUT2D eigenvalue weighted by molar-refractivity contribution is -0.131. The number of amides is 3. The molecule has 0 spiro atoms. The zero-order chi connectivity index (χ0) is 17.8. The molecule has 0 radical (unpaired) electrons. The van der Waals surface area contributed by atoms with Gasteiger partial charge in [-0.3, -0.25) is 9.69 Å². The maximum Gasteiger partial charge on any atom is 0.325 e. The van der Waals surface area contributed by atoms with Gasteiger partial charge in [0.05, 0.1) is 0 Å². The van der Waals surface area contributed by atoms with Crippen LogP contribution < -0.4 is 4.90 Å². The van der Waals surface area contributed by atoms with Crippen LogP contribution in [0.1, 0.15) is 51.0 Å². The van der Waals surface area contributed by atoms with E-state index in [0.29, 0.717) is 19.0 Å². The third-order valence-corrected chi connectivity index (χ3v) is 5.25. The number of hydrogen-bond acceptors (Lipinski definition) is 2. The fraction of sp³-hybridized carbons (Fsp3) is 0.600. The van der Waals surface area contributed by atoms with Crippen molar-refractivity contribution in [3.8, 4) is 0 Å². The van der Waals surface area contributed by atoms with Gasteiger partial charge in [0.25, 0.3) is 0 Å². The smallest absolute Gasteiger partial charge is 0.325 e. The summed E-state index contributed by atoms with van der Waals surface area (Å²) in [7, 11) is 0. The van der Waals surface area contributed by atoms with Crippen LogP contribution in [0.15, 0.2) is 24.3 Å². The summed E-state index contributed by atoms with van der Waals surface area (Å²) in [4.78, 5) is 30.6. The summed E-state index contributed by atoms with van der Waals surface area (Å²) in [5, 5.41) is 0. The van der Waals surface area contributed by atoms with E-state index >= 15 is 0 Å². The number of nitrogens with zero attached hydrogens (tertiary/aromatic N) is 3. The zero-order valence-corrected chi connectivity index (χ0v) is 15.4. The van der Waals surface area contributed by atoms with Crippen molar-refractivity contribution >= 4 is 17.6 Å². The first-order valence-corrected chi connectivity index (χ1v) is 9.50. The molecule has 2 aliphatic rings. The maximum atomic E-state index is 12.7. The van der Waals surface area contributed by atoms with E-state index in [-0.39, 0.29) is 18.5 Å². The molecule has 0 aliphatic carbocycles. The van der Waals surface area contributed by atoms with Gasteiger partial charge >= 0.3 is 6.03 Å². The number of urea groups is 1. The van der Waals surface area contributed by atoms with Crippen molar-refractivity contribution in [2.24, 2.45) is 0 Å². The lowest BCUT2D eigenvalue weighted by Crippen LogP contribution is -2.42. The highest BCUT2D eigenvalue weighted by molar-refractivity contribution is 5.96. The summed E-state index contributed by atoms with van der Waals surface area (Å²) in [5.74, 6) is 0.568. The number of carbonyl (C=O) groups is 2. The molecule has 0 bridgehead atoms. The molecule has 2 fully saturated rings. The zero-order valence-electron chi connectivity index (χ0n) is 15.4. The van der Waals surface area contributed by atoms with E-state index in [2.05, 4.69) is 26.0 Å². The first-order valence-electron chi connectivity index (χ1n) is 9.50. The molecule has 3 amide bonds. The second kappa shape index (κ2) is 7.89. The lowest BCUT2D eigenvalue weighted by atomic mass is 10.0. The van der Waals surface area contributed by atoms with Gasteiger partial charge in [-0.15, -0.1) is 0 Å². The Labute approximate surface area is 150 Å². The first kappa shape index (κ1) is 17.8. The summed E-state index contributed by atoms with van der Waals surface area (Å²) >= 11 is 0. The lowest BCUT2D eigenvalue weighted by Gasteiger charge is -2.24. The Hall–Kier alpha value is -2.04. The minimum absolute atomic E-state index is 0.0551. The standard InChI is InChI=1S/C20H29N3O2/c1-16(2)17-7-9-18(10-8-17)23-14-13-22(20(23)25)15-19(24)21-11-5-3-4-6-12-21/h7-10,16H,3-6,11-15H2,1-2H3. The van der Waals surface area contributed by atoms with E-state index in [9.17, 15) is 9.59 Å². The van der Waals surface area contributed by atoms with Crippen molar-refractivity contribution < 1.29 is 9.59 Å². The molecule has 1 aromatic carbocycles. The van der Waals surface area contributed by atoms with E-state index in [4.69, 9.17) is 0 Å². The van der Waals surface area contributed by atoms with Crippen LogP contribution in [-0.4, -0.2) is 54.5 Å². The third kappa shape index (κ3) is 4.14. The van der Waals surface area contributed by atoms with Crippen molar-refractivity contribution in [1.82, 2.24) is 9.80 Å². The van der Waals surface area contributed by atoms with Gasteiger partial charge in [-0.25, -0.2) is 4.79 Å². The van der Waals surface area contributed by atoms with Gasteiger partial charge in [0.1, 0.15) is 6.54 Å². The molecule has 0 unspecified atom stereocenters. The quantitative estimate of drug-likeness (QED) is 0.840. The van der Waals surface area contributed by atoms with E-state index in [1.54, 1.807) is 9.80 Å². The molecule has 0 saturated carbocycles. The fourth-order valence-corrected chi connectivity index (χ4v) is 3.59. The van der Waals surface area contributed by atoms with Gasteiger partial charge in [-0.1, -0.05) is 38.8 Å². The highest BCUT2D eigenvalue weighted by Gasteiger charge is 2.32. The minimum Gasteiger partial charge on any atom is -0.341 e. The van der Waals surface area contributed by atoms with Crippen molar-refractivity contribution in [3.05, 3.63) is 29.8 Å². The van der Waals surface area contributed by atoms with E-state index in [1.807, 2.05) is 17.0 Å². The molecule has 3 rings (SSSR count). The minimum atomic E-state index is -0.0551. The van der Waals surface area contributed by atoms with Crippen LogP contribution in [0.2, 0.25) is 0 Å². The maximum absolute atomic E-state index is 12.7. The summed E-state index contributed by atoms with van der Waals surface area (Å²) < 4.78 is 0. The summed E-state index contributed by atoms with van der Waals surface area (Å²) in [6, 6.07) is 8.12. The van der Waals surface area contributed by atoms with Crippen LogP contribution in [-0.2, 0) is 4.79 Å². The van der Waals surface area contributed by atoms with Crippen LogP contribution in [0.4, 0.5) is 10.5 Å². The van der Waals surface area contributed by atoms with Crippen LogP contribution in [0.25, 0.3) is 0 Å². The summed E-state index contributed by atoms with van der Waals surface area (Å²) in [6.45, 7) is 7.46. The molecule has 1 aromatic rings. The Kier molecular flexibility index (Phi) is 5.61. The molecule has 136 valence electrons. The van der Waals surface area contributed by atoms with Gasteiger partial charge < -0.3 is 9.80 Å². The number of carbonyl (C=O) groups excluding carboxylic acids is 2. The molecular formula is C20H29N3O2. The highest BCUT2D eigenvalue weighted by Crippen LogP contribution is 2.23. The van der Waals surface area contributed by atoms with Crippen LogP contribution >= 0.6 is 0 Å². The van der Waals surface area contributed by atoms with E-state index in [0.717, 1.165) is 31.6 Å². The van der Waals surface area contributed by atoms with Crippen molar-refractivity contribution in [2.45, 2.75) is 45.4 Å². The summed E-state index contributed by atoms with van der Waals surface area (Å²) in [5.41, 5.74) is 2.18. The number of hydrogen-bond donors (Lipinski definition) is 0. The second-order valence-electron chi connectivity index (χ2n) is 7.40. The van der Waals surface area contributed by atoms with Gasteiger partial charge in [0, 0.05) is 31.9 Å². The SMILES string of the molecule is CC(C)c1ccc(N2CCN(CC(=O)N3CCCCCC3)C2=O)cc1. The predicted molar refractivity (Wildman–Crippen MR) is 99.9 cm³/mol. The first-order chi connectivity index (χ1) is 12.1. The van der Waals surface area contributed by atoms with Gasteiger partial charge in [0.2, 0.25) is 5.91 Å². The van der Waals surface area contributed by atoms with Gasteiger partial charge in [-0.2, -0.15) is 0 Å². The van der Waals surface area contributed by atoms with Gasteiger partial charge in [-0.05, 0) is 36.5 Å². The number of rotatable bonds is 4. The molecule has 2 saturated heterocycles. The normalized spacial score (nSPS) is 18.8. The fourth-order valence-electron chi connectivity index (χ4n) is 3.59. The Bertz CT molecular complexity index is 604. The van der Waals surface area contributed by atoms with E-state index < -0.39 is 0 Å².